The number of piperazine rings is 1. The molecular formula is C14H19N3O3. The summed E-state index contributed by atoms with van der Waals surface area (Å²) in [6, 6.07) is 8.59. The molecule has 6 nitrogen and oxygen atoms in total. The molecule has 2 rings (SSSR count). The van der Waals surface area contributed by atoms with Crippen LogP contribution in [-0.2, 0) is 14.3 Å². The summed E-state index contributed by atoms with van der Waals surface area (Å²) in [6.07, 6.45) is -0.712. The number of rotatable bonds is 4. The molecule has 108 valence electrons. The van der Waals surface area contributed by atoms with Crippen molar-refractivity contribution in [3.8, 4) is 0 Å². The van der Waals surface area contributed by atoms with E-state index >= 15 is 0 Å². The van der Waals surface area contributed by atoms with Crippen molar-refractivity contribution >= 4 is 11.8 Å². The van der Waals surface area contributed by atoms with E-state index in [4.69, 9.17) is 10.5 Å². The topological polar surface area (TPSA) is 84.7 Å². The summed E-state index contributed by atoms with van der Waals surface area (Å²) >= 11 is 0. The number of benzene rings is 1. The Bertz CT molecular complexity index is 478. The second kappa shape index (κ2) is 6.49. The van der Waals surface area contributed by atoms with Crippen molar-refractivity contribution in [2.75, 3.05) is 26.7 Å². The summed E-state index contributed by atoms with van der Waals surface area (Å²) in [7, 11) is 1.48. The molecule has 1 saturated heterocycles. The highest BCUT2D eigenvalue weighted by Gasteiger charge is 2.35. The summed E-state index contributed by atoms with van der Waals surface area (Å²) in [5, 5.41) is 3.06. The van der Waals surface area contributed by atoms with E-state index in [0.29, 0.717) is 19.6 Å². The van der Waals surface area contributed by atoms with E-state index in [0.717, 1.165) is 5.56 Å². The molecule has 0 saturated carbocycles. The second-order valence-electron chi connectivity index (χ2n) is 4.68. The number of amides is 2. The van der Waals surface area contributed by atoms with Crippen LogP contribution in [0, 0.1) is 0 Å². The van der Waals surface area contributed by atoms with Crippen LogP contribution in [0.1, 0.15) is 11.7 Å². The molecule has 0 bridgehead atoms. The highest BCUT2D eigenvalue weighted by molar-refractivity contribution is 5.89. The third-order valence-electron chi connectivity index (χ3n) is 3.42. The first-order valence-corrected chi connectivity index (χ1v) is 6.53. The molecule has 1 aromatic carbocycles. The van der Waals surface area contributed by atoms with Crippen molar-refractivity contribution in [3.05, 3.63) is 35.9 Å². The van der Waals surface area contributed by atoms with E-state index in [9.17, 15) is 9.59 Å². The summed E-state index contributed by atoms with van der Waals surface area (Å²) in [6.45, 7) is 1.46. The lowest BCUT2D eigenvalue weighted by molar-refractivity contribution is -0.149. The van der Waals surface area contributed by atoms with Crippen LogP contribution >= 0.6 is 0 Å². The quantitative estimate of drug-likeness (QED) is 0.788. The van der Waals surface area contributed by atoms with Gasteiger partial charge in [-0.25, -0.2) is 0 Å². The van der Waals surface area contributed by atoms with E-state index in [1.54, 1.807) is 0 Å². The number of hydrogen-bond donors (Lipinski definition) is 2. The molecule has 0 spiro atoms. The largest absolute Gasteiger partial charge is 0.368 e. The van der Waals surface area contributed by atoms with E-state index in [1.165, 1.54) is 12.0 Å². The standard InChI is InChI=1S/C14H19N3O3/c1-20-12(10-5-3-2-4-6-10)14(19)17-8-7-16-9-11(17)13(15)18/h2-6,11-12,16H,7-9H2,1H3,(H2,15,18). The van der Waals surface area contributed by atoms with Crippen molar-refractivity contribution in [3.63, 3.8) is 0 Å². The molecular weight excluding hydrogens is 258 g/mol. The number of methoxy groups -OCH3 is 1. The van der Waals surface area contributed by atoms with E-state index in [2.05, 4.69) is 5.32 Å². The van der Waals surface area contributed by atoms with Crippen molar-refractivity contribution in [1.29, 1.82) is 0 Å². The monoisotopic (exact) mass is 277 g/mol. The highest BCUT2D eigenvalue weighted by Crippen LogP contribution is 2.21. The Labute approximate surface area is 117 Å². The van der Waals surface area contributed by atoms with E-state index in [1.807, 2.05) is 30.3 Å². The maximum absolute atomic E-state index is 12.6. The number of ether oxygens (including phenoxy) is 1. The minimum Gasteiger partial charge on any atom is -0.368 e. The Kier molecular flexibility index (Phi) is 4.70. The Morgan fingerprint density at radius 2 is 2.10 bits per heavy atom. The molecule has 1 aliphatic heterocycles. The SMILES string of the molecule is COC(C(=O)N1CCNCC1C(N)=O)c1ccccc1. The number of carbonyl (C=O) groups is 2. The Hall–Kier alpha value is -1.92. The van der Waals surface area contributed by atoms with Gasteiger partial charge in [-0.3, -0.25) is 9.59 Å². The third-order valence-corrected chi connectivity index (χ3v) is 3.42. The first-order valence-electron chi connectivity index (χ1n) is 6.53. The zero-order chi connectivity index (χ0) is 14.5. The second-order valence-corrected chi connectivity index (χ2v) is 4.68. The molecule has 2 amide bonds. The van der Waals surface area contributed by atoms with Gasteiger partial charge in [-0.2, -0.15) is 0 Å². The van der Waals surface area contributed by atoms with Gasteiger partial charge in [0.1, 0.15) is 6.04 Å². The fourth-order valence-electron chi connectivity index (χ4n) is 2.38. The van der Waals surface area contributed by atoms with Gasteiger partial charge in [-0.05, 0) is 5.56 Å². The molecule has 0 radical (unpaired) electrons. The fourth-order valence-corrected chi connectivity index (χ4v) is 2.38. The minimum atomic E-state index is -0.712. The lowest BCUT2D eigenvalue weighted by atomic mass is 10.1. The van der Waals surface area contributed by atoms with E-state index < -0.39 is 18.1 Å². The van der Waals surface area contributed by atoms with Gasteiger partial charge in [0.25, 0.3) is 5.91 Å². The summed E-state index contributed by atoms with van der Waals surface area (Å²) < 4.78 is 5.32. The molecule has 1 heterocycles. The summed E-state index contributed by atoms with van der Waals surface area (Å²) in [5.74, 6) is -0.738. The Balaban J connectivity index is 2.21. The lowest BCUT2D eigenvalue weighted by Gasteiger charge is -2.36. The summed E-state index contributed by atoms with van der Waals surface area (Å²) in [4.78, 5) is 25.6. The normalized spacial score (nSPS) is 20.4. The van der Waals surface area contributed by atoms with Crippen LogP contribution in [0.5, 0.6) is 0 Å². The van der Waals surface area contributed by atoms with Crippen LogP contribution in [-0.4, -0.2) is 49.5 Å². The van der Waals surface area contributed by atoms with Gasteiger partial charge in [0.05, 0.1) is 0 Å². The van der Waals surface area contributed by atoms with Gasteiger partial charge < -0.3 is 20.7 Å². The number of nitrogens with two attached hydrogens (primary N) is 1. The number of primary amides is 1. The maximum atomic E-state index is 12.6. The van der Waals surface area contributed by atoms with Crippen LogP contribution in [0.15, 0.2) is 30.3 Å². The zero-order valence-corrected chi connectivity index (χ0v) is 11.4. The number of nitrogens with zero attached hydrogens (tertiary/aromatic N) is 1. The molecule has 1 aliphatic rings. The molecule has 2 atom stereocenters. The highest BCUT2D eigenvalue weighted by atomic mass is 16.5. The molecule has 2 unspecified atom stereocenters. The molecule has 1 aromatic rings. The van der Waals surface area contributed by atoms with Crippen LogP contribution in [0.2, 0.25) is 0 Å². The predicted molar refractivity (Wildman–Crippen MR) is 73.8 cm³/mol. The van der Waals surface area contributed by atoms with Crippen molar-refractivity contribution < 1.29 is 14.3 Å². The predicted octanol–water partition coefficient (Wildman–Crippen LogP) is -0.340. The first-order chi connectivity index (χ1) is 9.65. The van der Waals surface area contributed by atoms with Crippen LogP contribution in [0.25, 0.3) is 0 Å². The number of hydrogen-bond acceptors (Lipinski definition) is 4. The van der Waals surface area contributed by atoms with Crippen LogP contribution in [0.4, 0.5) is 0 Å². The van der Waals surface area contributed by atoms with Crippen LogP contribution in [0.3, 0.4) is 0 Å². The fraction of sp³-hybridized carbons (Fsp3) is 0.429. The van der Waals surface area contributed by atoms with Gasteiger partial charge in [0, 0.05) is 26.7 Å². The van der Waals surface area contributed by atoms with Crippen molar-refractivity contribution in [2.45, 2.75) is 12.1 Å². The minimum absolute atomic E-state index is 0.232. The van der Waals surface area contributed by atoms with Crippen molar-refractivity contribution in [2.24, 2.45) is 5.73 Å². The molecule has 0 aromatic heterocycles. The molecule has 1 fully saturated rings. The zero-order valence-electron chi connectivity index (χ0n) is 11.4. The van der Waals surface area contributed by atoms with Gasteiger partial charge in [0.2, 0.25) is 5.91 Å². The van der Waals surface area contributed by atoms with Crippen LogP contribution < -0.4 is 11.1 Å². The molecule has 0 aliphatic carbocycles. The number of carbonyl (C=O) groups excluding carboxylic acids is 2. The average Bonchev–Trinajstić information content (AvgIpc) is 2.49. The maximum Gasteiger partial charge on any atom is 0.257 e. The lowest BCUT2D eigenvalue weighted by Crippen LogP contribution is -2.59. The molecule has 6 heteroatoms. The third kappa shape index (κ3) is 2.97. The van der Waals surface area contributed by atoms with Gasteiger partial charge >= 0.3 is 0 Å². The average molecular weight is 277 g/mol. The molecule has 20 heavy (non-hydrogen) atoms. The van der Waals surface area contributed by atoms with Gasteiger partial charge in [0.15, 0.2) is 6.10 Å². The summed E-state index contributed by atoms with van der Waals surface area (Å²) in [5.41, 5.74) is 6.13. The van der Waals surface area contributed by atoms with Gasteiger partial charge in [-0.15, -0.1) is 0 Å². The van der Waals surface area contributed by atoms with E-state index in [-0.39, 0.29) is 5.91 Å². The smallest absolute Gasteiger partial charge is 0.257 e. The Morgan fingerprint density at radius 1 is 1.40 bits per heavy atom. The first kappa shape index (κ1) is 14.5. The Morgan fingerprint density at radius 3 is 2.70 bits per heavy atom. The van der Waals surface area contributed by atoms with Crippen molar-refractivity contribution in [1.82, 2.24) is 10.2 Å². The molecule has 3 N–H and O–H groups in total. The van der Waals surface area contributed by atoms with Gasteiger partial charge in [-0.1, -0.05) is 30.3 Å². The number of nitrogens with one attached hydrogen (secondary N) is 1.